The van der Waals surface area contributed by atoms with Crippen molar-refractivity contribution >= 4 is 50.5 Å². The summed E-state index contributed by atoms with van der Waals surface area (Å²) in [7, 11) is 0. The van der Waals surface area contributed by atoms with E-state index in [0.29, 0.717) is 34.1 Å². The Morgan fingerprint density at radius 2 is 1.26 bits per heavy atom. The predicted molar refractivity (Wildman–Crippen MR) is 130 cm³/mol. The number of oxazole rings is 1. The normalized spacial score (nSPS) is 13.4. The Morgan fingerprint density at radius 1 is 0.647 bits per heavy atom. The van der Waals surface area contributed by atoms with E-state index < -0.39 is 0 Å². The van der Waals surface area contributed by atoms with Gasteiger partial charge in [0.1, 0.15) is 5.76 Å². The molecular weight excluding hydrogens is 426 g/mol. The number of allylic oxidation sites excluding steroid dienone is 1. The first-order valence-corrected chi connectivity index (χ1v) is 10.9. The van der Waals surface area contributed by atoms with Crippen LogP contribution < -0.4 is 0 Å². The number of carbonyl (C=O) groups is 2. The van der Waals surface area contributed by atoms with E-state index in [1.165, 1.54) is 6.08 Å². The van der Waals surface area contributed by atoms with Crippen molar-refractivity contribution in [1.29, 1.82) is 0 Å². The first-order valence-electron chi connectivity index (χ1n) is 10.9. The van der Waals surface area contributed by atoms with E-state index in [4.69, 9.17) is 8.83 Å². The van der Waals surface area contributed by atoms with Gasteiger partial charge >= 0.3 is 0 Å². The summed E-state index contributed by atoms with van der Waals surface area (Å²) >= 11 is 0. The summed E-state index contributed by atoms with van der Waals surface area (Å²) in [5, 5.41) is 4.06. The van der Waals surface area contributed by atoms with Crippen molar-refractivity contribution in [2.24, 2.45) is 0 Å². The number of furan rings is 1. The lowest BCUT2D eigenvalue weighted by Crippen LogP contribution is -1.99. The molecule has 2 heterocycles. The number of rotatable bonds is 2. The van der Waals surface area contributed by atoms with Crippen molar-refractivity contribution < 1.29 is 18.4 Å². The number of aromatic nitrogens is 1. The number of benzene rings is 4. The molecule has 5 heteroatoms. The zero-order valence-corrected chi connectivity index (χ0v) is 17.7. The first-order chi connectivity index (χ1) is 16.6. The van der Waals surface area contributed by atoms with E-state index in [0.717, 1.165) is 27.1 Å². The van der Waals surface area contributed by atoms with Gasteiger partial charge in [-0.2, -0.15) is 4.98 Å². The average Bonchev–Trinajstić information content (AvgIpc) is 3.50. The summed E-state index contributed by atoms with van der Waals surface area (Å²) in [5.74, 6) is 0.193. The minimum Gasteiger partial charge on any atom is -0.436 e. The van der Waals surface area contributed by atoms with E-state index in [2.05, 4.69) is 4.98 Å². The molecule has 5 nitrogen and oxygen atoms in total. The van der Waals surface area contributed by atoms with Crippen LogP contribution in [0.25, 0.3) is 50.4 Å². The van der Waals surface area contributed by atoms with E-state index in [1.807, 2.05) is 66.7 Å². The van der Waals surface area contributed by atoms with E-state index in [1.54, 1.807) is 18.2 Å². The standard InChI is InChI=1S/C29H15NO4/c31-26-22-12-18-7-3-4-8-19(18)13-23(22)27(32)24(26)14-21-15-25-29(33-21)30-28(34-25)20-10-9-16-5-1-2-6-17(16)11-20/h1-15H. The summed E-state index contributed by atoms with van der Waals surface area (Å²) < 4.78 is 11.7. The van der Waals surface area contributed by atoms with Crippen LogP contribution in [0.4, 0.5) is 0 Å². The maximum atomic E-state index is 13.0. The summed E-state index contributed by atoms with van der Waals surface area (Å²) in [4.78, 5) is 30.4. The third-order valence-electron chi connectivity index (χ3n) is 6.26. The van der Waals surface area contributed by atoms with Gasteiger partial charge < -0.3 is 8.83 Å². The highest BCUT2D eigenvalue weighted by molar-refractivity contribution is 6.42. The fourth-order valence-corrected chi connectivity index (χ4v) is 4.55. The largest absolute Gasteiger partial charge is 0.436 e. The molecule has 0 saturated carbocycles. The highest BCUT2D eigenvalue weighted by atomic mass is 16.4. The van der Waals surface area contributed by atoms with Gasteiger partial charge in [0.05, 0.1) is 5.57 Å². The van der Waals surface area contributed by atoms with Gasteiger partial charge in [-0.15, -0.1) is 0 Å². The highest BCUT2D eigenvalue weighted by Crippen LogP contribution is 2.33. The molecule has 0 fully saturated rings. The Labute approximate surface area is 192 Å². The monoisotopic (exact) mass is 441 g/mol. The Balaban J connectivity index is 1.25. The van der Waals surface area contributed by atoms with Gasteiger partial charge in [0, 0.05) is 22.8 Å². The van der Waals surface area contributed by atoms with Crippen LogP contribution in [0.2, 0.25) is 0 Å². The molecule has 0 spiro atoms. The molecule has 2 aromatic heterocycles. The summed E-state index contributed by atoms with van der Waals surface area (Å²) in [6.45, 7) is 0. The fourth-order valence-electron chi connectivity index (χ4n) is 4.55. The van der Waals surface area contributed by atoms with Gasteiger partial charge in [0.2, 0.25) is 5.89 Å². The van der Waals surface area contributed by atoms with Crippen LogP contribution in [0, 0.1) is 0 Å². The second-order valence-corrected chi connectivity index (χ2v) is 8.36. The van der Waals surface area contributed by atoms with E-state index >= 15 is 0 Å². The van der Waals surface area contributed by atoms with Gasteiger partial charge in [0.15, 0.2) is 17.1 Å². The molecule has 160 valence electrons. The fraction of sp³-hybridized carbons (Fsp3) is 0. The third kappa shape index (κ3) is 2.77. The zero-order valence-electron chi connectivity index (χ0n) is 17.7. The lowest BCUT2D eigenvalue weighted by Gasteiger charge is -2.00. The maximum absolute atomic E-state index is 13.0. The lowest BCUT2D eigenvalue weighted by molar-refractivity contribution is 0.0990. The predicted octanol–water partition coefficient (Wildman–Crippen LogP) is 6.86. The Kier molecular flexibility index (Phi) is 3.79. The molecule has 0 N–H and O–H groups in total. The molecule has 0 aliphatic heterocycles. The number of carbonyl (C=O) groups excluding carboxylic acids is 2. The van der Waals surface area contributed by atoms with Crippen molar-refractivity contribution in [3.63, 3.8) is 0 Å². The zero-order chi connectivity index (χ0) is 22.8. The molecule has 34 heavy (non-hydrogen) atoms. The summed E-state index contributed by atoms with van der Waals surface area (Å²) in [5.41, 5.74) is 2.53. The third-order valence-corrected chi connectivity index (χ3v) is 6.26. The van der Waals surface area contributed by atoms with Crippen LogP contribution in [0.15, 0.2) is 99.3 Å². The Morgan fingerprint density at radius 3 is 1.91 bits per heavy atom. The molecule has 0 amide bonds. The van der Waals surface area contributed by atoms with Gasteiger partial charge in [-0.1, -0.05) is 54.6 Å². The van der Waals surface area contributed by atoms with Crippen LogP contribution in [0.3, 0.4) is 0 Å². The van der Waals surface area contributed by atoms with Crippen molar-refractivity contribution in [1.82, 2.24) is 4.98 Å². The number of nitrogens with zero attached hydrogens (tertiary/aromatic N) is 1. The van der Waals surface area contributed by atoms with Crippen molar-refractivity contribution in [2.75, 3.05) is 0 Å². The van der Waals surface area contributed by atoms with Gasteiger partial charge in [0.25, 0.3) is 5.71 Å². The second-order valence-electron chi connectivity index (χ2n) is 8.36. The SMILES string of the molecule is O=C1C(=Cc2cc3oc(-c4ccc5ccccc5c4)nc3o2)C(=O)c2cc3ccccc3cc21. The quantitative estimate of drug-likeness (QED) is 0.217. The Bertz CT molecular complexity index is 1760. The highest BCUT2D eigenvalue weighted by Gasteiger charge is 2.33. The molecule has 0 saturated heterocycles. The summed E-state index contributed by atoms with van der Waals surface area (Å²) in [6.07, 6.45) is 1.47. The molecule has 0 radical (unpaired) electrons. The lowest BCUT2D eigenvalue weighted by atomic mass is 10.0. The molecular formula is C29H15NO4. The van der Waals surface area contributed by atoms with Gasteiger partial charge in [-0.3, -0.25) is 9.59 Å². The molecule has 1 aliphatic rings. The summed E-state index contributed by atoms with van der Waals surface area (Å²) in [6, 6.07) is 26.9. The molecule has 7 rings (SSSR count). The van der Waals surface area contributed by atoms with Crippen LogP contribution in [-0.2, 0) is 0 Å². The van der Waals surface area contributed by atoms with Crippen LogP contribution >= 0.6 is 0 Å². The molecule has 1 aliphatic carbocycles. The Hall–Kier alpha value is -4.77. The average molecular weight is 441 g/mol. The molecule has 4 aromatic carbocycles. The van der Waals surface area contributed by atoms with Crippen LogP contribution in [0.5, 0.6) is 0 Å². The molecule has 0 bridgehead atoms. The minimum absolute atomic E-state index is 0.0801. The smallest absolute Gasteiger partial charge is 0.266 e. The van der Waals surface area contributed by atoms with Crippen molar-refractivity contribution in [2.45, 2.75) is 0 Å². The number of ketones is 2. The van der Waals surface area contributed by atoms with E-state index in [9.17, 15) is 9.59 Å². The van der Waals surface area contributed by atoms with Crippen molar-refractivity contribution in [3.8, 4) is 11.5 Å². The maximum Gasteiger partial charge on any atom is 0.266 e. The van der Waals surface area contributed by atoms with Crippen LogP contribution in [-0.4, -0.2) is 16.6 Å². The number of hydrogen-bond donors (Lipinski definition) is 0. The van der Waals surface area contributed by atoms with Crippen LogP contribution in [0.1, 0.15) is 26.5 Å². The molecule has 0 unspecified atom stereocenters. The number of Topliss-reactive ketones (excluding diaryl/α,β-unsaturated/α-hetero) is 2. The van der Waals surface area contributed by atoms with E-state index in [-0.39, 0.29) is 17.1 Å². The first kappa shape index (κ1) is 18.8. The van der Waals surface area contributed by atoms with Crippen molar-refractivity contribution in [3.05, 3.63) is 107 Å². The molecule has 6 aromatic rings. The topological polar surface area (TPSA) is 73.3 Å². The number of fused-ring (bicyclic) bond motifs is 4. The van der Waals surface area contributed by atoms with Gasteiger partial charge in [-0.25, -0.2) is 0 Å². The second kappa shape index (κ2) is 6.86. The number of hydrogen-bond acceptors (Lipinski definition) is 5. The van der Waals surface area contributed by atoms with Gasteiger partial charge in [-0.05, 0) is 51.9 Å². The molecule has 0 atom stereocenters. The minimum atomic E-state index is -0.302.